The molecule has 84 valence electrons. The van der Waals surface area contributed by atoms with Crippen molar-refractivity contribution in [1.29, 1.82) is 0 Å². The van der Waals surface area contributed by atoms with Gasteiger partial charge >= 0.3 is 0 Å². The summed E-state index contributed by atoms with van der Waals surface area (Å²) < 4.78 is 0. The Morgan fingerprint density at radius 2 is 1.29 bits per heavy atom. The molecule has 2 heterocycles. The smallest absolute Gasteiger partial charge is 0.0343 e. The average Bonchev–Trinajstić information content (AvgIpc) is 3.02. The largest absolute Gasteiger partial charge is 0.144 e. The second kappa shape index (κ2) is 4.47. The molecule has 0 saturated heterocycles. The van der Waals surface area contributed by atoms with Crippen LogP contribution >= 0.6 is 22.7 Å². The first-order valence-corrected chi connectivity index (χ1v) is 7.28. The number of hydrogen-bond acceptors (Lipinski definition) is 2. The summed E-state index contributed by atoms with van der Waals surface area (Å²) in [6.45, 7) is 2.16. The van der Waals surface area contributed by atoms with Crippen molar-refractivity contribution >= 4 is 22.7 Å². The van der Waals surface area contributed by atoms with Gasteiger partial charge in [0.15, 0.2) is 0 Å². The van der Waals surface area contributed by atoms with Crippen LogP contribution in [0.1, 0.15) is 5.56 Å². The second-order valence-corrected chi connectivity index (χ2v) is 5.94. The predicted molar refractivity (Wildman–Crippen MR) is 77.8 cm³/mol. The van der Waals surface area contributed by atoms with E-state index in [0.29, 0.717) is 0 Å². The summed E-state index contributed by atoms with van der Waals surface area (Å²) in [4.78, 5) is 2.68. The van der Waals surface area contributed by atoms with E-state index < -0.39 is 0 Å². The topological polar surface area (TPSA) is 0 Å². The summed E-state index contributed by atoms with van der Waals surface area (Å²) in [7, 11) is 0. The molecule has 2 heteroatoms. The maximum Gasteiger partial charge on any atom is 0.0343 e. The van der Waals surface area contributed by atoms with Gasteiger partial charge in [0, 0.05) is 9.75 Å². The standard InChI is InChI=1S/C15H12S2/c1-11-8-12(14-4-2-6-16-14)10-13(9-11)15-5-3-7-17-15/h2-10H,1H3. The summed E-state index contributed by atoms with van der Waals surface area (Å²) in [5, 5.41) is 4.25. The number of hydrogen-bond donors (Lipinski definition) is 0. The number of rotatable bonds is 2. The van der Waals surface area contributed by atoms with Crippen LogP contribution in [0.5, 0.6) is 0 Å². The zero-order valence-electron chi connectivity index (χ0n) is 9.51. The first-order valence-electron chi connectivity index (χ1n) is 5.52. The van der Waals surface area contributed by atoms with Crippen LogP contribution in [0.15, 0.2) is 53.2 Å². The van der Waals surface area contributed by atoms with Crippen molar-refractivity contribution in [2.45, 2.75) is 6.92 Å². The van der Waals surface area contributed by atoms with Crippen LogP contribution in [0, 0.1) is 6.92 Å². The molecule has 0 N–H and O–H groups in total. The first kappa shape index (κ1) is 10.8. The Hall–Kier alpha value is -1.38. The fourth-order valence-corrected chi connectivity index (χ4v) is 3.38. The molecule has 0 aliphatic carbocycles. The van der Waals surface area contributed by atoms with Gasteiger partial charge in [-0.05, 0) is 52.6 Å². The molecule has 0 fully saturated rings. The molecule has 0 amide bonds. The summed E-state index contributed by atoms with van der Waals surface area (Å²) in [5.41, 5.74) is 3.96. The van der Waals surface area contributed by atoms with Gasteiger partial charge in [0.2, 0.25) is 0 Å². The molecular formula is C15H12S2. The molecule has 17 heavy (non-hydrogen) atoms. The Morgan fingerprint density at radius 3 is 1.71 bits per heavy atom. The fourth-order valence-electron chi connectivity index (χ4n) is 1.95. The van der Waals surface area contributed by atoms with Gasteiger partial charge in [0.05, 0.1) is 0 Å². The van der Waals surface area contributed by atoms with Gasteiger partial charge in [-0.25, -0.2) is 0 Å². The zero-order chi connectivity index (χ0) is 11.7. The molecule has 0 radical (unpaired) electrons. The first-order chi connectivity index (χ1) is 8.33. The van der Waals surface area contributed by atoms with Crippen molar-refractivity contribution < 1.29 is 0 Å². The number of benzene rings is 1. The minimum atomic E-state index is 1.32. The van der Waals surface area contributed by atoms with E-state index in [4.69, 9.17) is 0 Å². The van der Waals surface area contributed by atoms with Gasteiger partial charge in [0.1, 0.15) is 0 Å². The van der Waals surface area contributed by atoms with Crippen LogP contribution in [0.25, 0.3) is 20.9 Å². The highest BCUT2D eigenvalue weighted by Gasteiger charge is 2.04. The Balaban J connectivity index is 2.13. The highest BCUT2D eigenvalue weighted by atomic mass is 32.1. The molecule has 3 rings (SSSR count). The average molecular weight is 256 g/mol. The van der Waals surface area contributed by atoms with Crippen molar-refractivity contribution in [1.82, 2.24) is 0 Å². The minimum Gasteiger partial charge on any atom is -0.144 e. The molecule has 0 saturated carbocycles. The number of thiophene rings is 2. The predicted octanol–water partition coefficient (Wildman–Crippen LogP) is 5.45. The highest BCUT2D eigenvalue weighted by molar-refractivity contribution is 7.14. The van der Waals surface area contributed by atoms with E-state index in [1.54, 1.807) is 22.7 Å². The van der Waals surface area contributed by atoms with E-state index >= 15 is 0 Å². The summed E-state index contributed by atoms with van der Waals surface area (Å²) in [5.74, 6) is 0. The normalized spacial score (nSPS) is 10.6. The molecule has 2 aromatic heterocycles. The van der Waals surface area contributed by atoms with E-state index in [1.165, 1.54) is 26.4 Å². The molecule has 0 unspecified atom stereocenters. The van der Waals surface area contributed by atoms with E-state index in [2.05, 4.69) is 60.1 Å². The van der Waals surface area contributed by atoms with E-state index in [1.807, 2.05) is 0 Å². The Kier molecular flexibility index (Phi) is 2.83. The molecule has 0 aliphatic rings. The molecular weight excluding hydrogens is 244 g/mol. The van der Waals surface area contributed by atoms with Crippen molar-refractivity contribution in [3.05, 3.63) is 58.8 Å². The SMILES string of the molecule is Cc1cc(-c2cccs2)cc(-c2cccs2)c1. The van der Waals surface area contributed by atoms with Crippen molar-refractivity contribution in [3.63, 3.8) is 0 Å². The van der Waals surface area contributed by atoms with E-state index in [0.717, 1.165) is 0 Å². The van der Waals surface area contributed by atoms with Gasteiger partial charge in [0.25, 0.3) is 0 Å². The minimum absolute atomic E-state index is 1.32. The molecule has 0 nitrogen and oxygen atoms in total. The molecule has 0 spiro atoms. The quantitative estimate of drug-likeness (QED) is 0.571. The third-order valence-corrected chi connectivity index (χ3v) is 4.53. The summed E-state index contributed by atoms with van der Waals surface area (Å²) in [6.07, 6.45) is 0. The Labute approximate surface area is 109 Å². The maximum absolute atomic E-state index is 2.28. The molecule has 3 aromatic rings. The van der Waals surface area contributed by atoms with Crippen LogP contribution in [-0.4, -0.2) is 0 Å². The van der Waals surface area contributed by atoms with Crippen LogP contribution in [-0.2, 0) is 0 Å². The second-order valence-electron chi connectivity index (χ2n) is 4.04. The lowest BCUT2D eigenvalue weighted by Gasteiger charge is -2.04. The summed E-state index contributed by atoms with van der Waals surface area (Å²) in [6, 6.07) is 15.4. The Morgan fingerprint density at radius 1 is 0.765 bits per heavy atom. The molecule has 1 aromatic carbocycles. The lowest BCUT2D eigenvalue weighted by atomic mass is 10.0. The van der Waals surface area contributed by atoms with Crippen LogP contribution in [0.3, 0.4) is 0 Å². The maximum atomic E-state index is 2.28. The van der Waals surface area contributed by atoms with Gasteiger partial charge in [-0.15, -0.1) is 22.7 Å². The van der Waals surface area contributed by atoms with Gasteiger partial charge in [-0.1, -0.05) is 24.3 Å². The highest BCUT2D eigenvalue weighted by Crippen LogP contribution is 2.32. The van der Waals surface area contributed by atoms with Gasteiger partial charge < -0.3 is 0 Å². The zero-order valence-corrected chi connectivity index (χ0v) is 11.1. The fraction of sp³-hybridized carbons (Fsp3) is 0.0667. The molecule has 0 bridgehead atoms. The summed E-state index contributed by atoms with van der Waals surface area (Å²) >= 11 is 3.59. The van der Waals surface area contributed by atoms with Crippen LogP contribution in [0.2, 0.25) is 0 Å². The lowest BCUT2D eigenvalue weighted by molar-refractivity contribution is 1.48. The van der Waals surface area contributed by atoms with Crippen LogP contribution < -0.4 is 0 Å². The van der Waals surface area contributed by atoms with Gasteiger partial charge in [-0.2, -0.15) is 0 Å². The monoisotopic (exact) mass is 256 g/mol. The third kappa shape index (κ3) is 2.19. The van der Waals surface area contributed by atoms with Crippen molar-refractivity contribution in [2.75, 3.05) is 0 Å². The Bertz CT molecular complexity index is 552. The molecule has 0 aliphatic heterocycles. The number of aryl methyl sites for hydroxylation is 1. The molecule has 0 atom stereocenters. The van der Waals surface area contributed by atoms with Crippen molar-refractivity contribution in [2.24, 2.45) is 0 Å². The lowest BCUT2D eigenvalue weighted by Crippen LogP contribution is -1.80. The van der Waals surface area contributed by atoms with Crippen LogP contribution in [0.4, 0.5) is 0 Å². The van der Waals surface area contributed by atoms with Crippen molar-refractivity contribution in [3.8, 4) is 20.9 Å². The third-order valence-electron chi connectivity index (χ3n) is 2.69. The van der Waals surface area contributed by atoms with Gasteiger partial charge in [-0.3, -0.25) is 0 Å². The van der Waals surface area contributed by atoms with E-state index in [9.17, 15) is 0 Å². The van der Waals surface area contributed by atoms with E-state index in [-0.39, 0.29) is 0 Å².